The molecule has 6 nitrogen and oxygen atoms in total. The monoisotopic (exact) mass is 516 g/mol. The molecule has 1 aromatic heterocycles. The van der Waals surface area contributed by atoms with Gasteiger partial charge < -0.3 is 4.74 Å². The van der Waals surface area contributed by atoms with E-state index in [0.717, 1.165) is 16.8 Å². The number of benzene rings is 3. The van der Waals surface area contributed by atoms with Crippen LogP contribution in [-0.2, 0) is 6.18 Å². The number of nitrogens with zero attached hydrogens (tertiary/aromatic N) is 4. The van der Waals surface area contributed by atoms with Gasteiger partial charge in [-0.3, -0.25) is 4.79 Å². The minimum absolute atomic E-state index is 0.0520. The number of hydrogen-bond donors (Lipinski definition) is 0. The molecule has 0 aliphatic rings. The quantitative estimate of drug-likeness (QED) is 0.297. The summed E-state index contributed by atoms with van der Waals surface area (Å²) >= 11 is 12.4. The van der Waals surface area contributed by atoms with Gasteiger partial charge in [0.15, 0.2) is 18.2 Å². The number of hydrogen-bond acceptors (Lipinski definition) is 5. The zero-order chi connectivity index (χ0) is 25.2. The second-order valence-electron chi connectivity index (χ2n) is 7.15. The summed E-state index contributed by atoms with van der Waals surface area (Å²) in [7, 11) is 0. The van der Waals surface area contributed by atoms with Crippen LogP contribution in [0.4, 0.5) is 13.2 Å². The Morgan fingerprint density at radius 1 is 1.09 bits per heavy atom. The van der Waals surface area contributed by atoms with Gasteiger partial charge in [0.05, 0.1) is 32.7 Å². The number of alkyl halides is 3. The van der Waals surface area contributed by atoms with E-state index < -0.39 is 17.3 Å². The van der Waals surface area contributed by atoms with Crippen molar-refractivity contribution in [1.29, 1.82) is 5.26 Å². The number of ether oxygens (including phenoxy) is 1. The summed E-state index contributed by atoms with van der Waals surface area (Å²) in [4.78, 5) is 17.6. The van der Waals surface area contributed by atoms with Crippen LogP contribution in [0.3, 0.4) is 0 Å². The molecule has 0 aliphatic carbocycles. The molecule has 0 bridgehead atoms. The van der Waals surface area contributed by atoms with Crippen LogP contribution >= 0.6 is 23.2 Å². The molecule has 0 saturated heterocycles. The van der Waals surface area contributed by atoms with E-state index in [1.165, 1.54) is 30.5 Å². The summed E-state index contributed by atoms with van der Waals surface area (Å²) in [5.74, 6) is 0.0310. The zero-order valence-electron chi connectivity index (χ0n) is 17.6. The van der Waals surface area contributed by atoms with Crippen molar-refractivity contribution in [3.8, 4) is 23.2 Å². The van der Waals surface area contributed by atoms with Gasteiger partial charge in [0.25, 0.3) is 5.56 Å². The van der Waals surface area contributed by atoms with Gasteiger partial charge >= 0.3 is 6.18 Å². The van der Waals surface area contributed by atoms with Crippen LogP contribution in [-0.4, -0.2) is 22.5 Å². The van der Waals surface area contributed by atoms with Gasteiger partial charge in [-0.2, -0.15) is 28.2 Å². The first-order valence-electron chi connectivity index (χ1n) is 9.91. The molecule has 176 valence electrons. The molecule has 0 radical (unpaired) electrons. The molecule has 0 amide bonds. The van der Waals surface area contributed by atoms with Crippen molar-refractivity contribution >= 4 is 40.3 Å². The van der Waals surface area contributed by atoms with Crippen LogP contribution in [0.5, 0.6) is 5.75 Å². The Hall–Kier alpha value is -3.87. The molecule has 1 heterocycles. The summed E-state index contributed by atoms with van der Waals surface area (Å²) in [6.07, 6.45) is -3.31. The molecule has 4 rings (SSSR count). The number of halogens is 5. The summed E-state index contributed by atoms with van der Waals surface area (Å²) in [5, 5.41) is 13.3. The molecular weight excluding hydrogens is 504 g/mol. The van der Waals surface area contributed by atoms with Crippen molar-refractivity contribution in [3.63, 3.8) is 0 Å². The van der Waals surface area contributed by atoms with Crippen molar-refractivity contribution in [3.05, 3.63) is 92.2 Å². The maximum Gasteiger partial charge on any atom is 0.416 e. The molecule has 35 heavy (non-hydrogen) atoms. The molecule has 0 aliphatic heterocycles. The summed E-state index contributed by atoms with van der Waals surface area (Å²) in [6.45, 7) is -0.259. The van der Waals surface area contributed by atoms with Crippen molar-refractivity contribution in [2.24, 2.45) is 5.10 Å². The third kappa shape index (κ3) is 5.14. The van der Waals surface area contributed by atoms with E-state index >= 15 is 0 Å². The van der Waals surface area contributed by atoms with Gasteiger partial charge in [-0.25, -0.2) is 4.98 Å². The Bertz CT molecular complexity index is 1540. The molecule has 0 unspecified atom stereocenters. The summed E-state index contributed by atoms with van der Waals surface area (Å²) in [6, 6.07) is 15.6. The first-order chi connectivity index (χ1) is 16.7. The third-order valence-electron chi connectivity index (χ3n) is 4.83. The highest BCUT2D eigenvalue weighted by Gasteiger charge is 2.31. The lowest BCUT2D eigenvalue weighted by Gasteiger charge is -2.12. The lowest BCUT2D eigenvalue weighted by atomic mass is 10.1. The van der Waals surface area contributed by atoms with E-state index in [0.29, 0.717) is 11.1 Å². The Morgan fingerprint density at radius 3 is 2.49 bits per heavy atom. The van der Waals surface area contributed by atoms with E-state index in [9.17, 15) is 18.0 Å². The van der Waals surface area contributed by atoms with Crippen molar-refractivity contribution in [2.45, 2.75) is 6.18 Å². The van der Waals surface area contributed by atoms with E-state index in [4.69, 9.17) is 33.2 Å². The second-order valence-corrected chi connectivity index (χ2v) is 7.97. The Kier molecular flexibility index (Phi) is 6.78. The first-order valence-corrected chi connectivity index (χ1v) is 10.7. The minimum atomic E-state index is -4.58. The molecule has 0 spiro atoms. The van der Waals surface area contributed by atoms with Gasteiger partial charge in [0.1, 0.15) is 6.07 Å². The Labute approximate surface area is 206 Å². The molecule has 11 heteroatoms. The van der Waals surface area contributed by atoms with Gasteiger partial charge in [-0.1, -0.05) is 47.5 Å². The minimum Gasteiger partial charge on any atom is -0.476 e. The molecule has 0 fully saturated rings. The first kappa shape index (κ1) is 24.3. The standard InChI is InChI=1S/C24H13Cl2F3N4O2/c25-18-10-14(11-19(26)21(18)35-9-8-30)13-31-33-22(15-4-3-5-16(12-15)24(27,28)29)32-20-7-2-1-6-17(20)23(33)34/h1-7,10-13H,9H2. The van der Waals surface area contributed by atoms with Crippen molar-refractivity contribution in [2.75, 3.05) is 6.61 Å². The SMILES string of the molecule is N#CCOc1c(Cl)cc(C=Nn2c(-c3cccc(C(F)(F)F)c3)nc3ccccc3c2=O)cc1Cl. The van der Waals surface area contributed by atoms with Gasteiger partial charge in [-0.05, 0) is 42.0 Å². The fraction of sp³-hybridized carbons (Fsp3) is 0.0833. The van der Waals surface area contributed by atoms with Crippen molar-refractivity contribution in [1.82, 2.24) is 9.66 Å². The number of aromatic nitrogens is 2. The molecule has 0 saturated carbocycles. The topological polar surface area (TPSA) is 80.3 Å². The highest BCUT2D eigenvalue weighted by molar-refractivity contribution is 6.37. The fourth-order valence-corrected chi connectivity index (χ4v) is 3.89. The Balaban J connectivity index is 1.87. The lowest BCUT2D eigenvalue weighted by Crippen LogP contribution is -2.20. The average molecular weight is 517 g/mol. The second kappa shape index (κ2) is 9.78. The van der Waals surface area contributed by atoms with Gasteiger partial charge in [-0.15, -0.1) is 0 Å². The van der Waals surface area contributed by atoms with Gasteiger partial charge in [0, 0.05) is 5.56 Å². The van der Waals surface area contributed by atoms with Crippen molar-refractivity contribution < 1.29 is 17.9 Å². The lowest BCUT2D eigenvalue weighted by molar-refractivity contribution is -0.137. The summed E-state index contributed by atoms with van der Waals surface area (Å²) in [5.41, 5.74) is -0.734. The van der Waals surface area contributed by atoms with E-state index in [-0.39, 0.29) is 39.2 Å². The highest BCUT2D eigenvalue weighted by Crippen LogP contribution is 2.34. The van der Waals surface area contributed by atoms with E-state index in [1.807, 2.05) is 0 Å². The van der Waals surface area contributed by atoms with E-state index in [1.54, 1.807) is 30.3 Å². The Morgan fingerprint density at radius 2 is 1.80 bits per heavy atom. The molecule has 3 aromatic carbocycles. The molecule has 4 aromatic rings. The van der Waals surface area contributed by atoms with Crippen LogP contribution in [0, 0.1) is 11.3 Å². The van der Waals surface area contributed by atoms with Crippen LogP contribution in [0.25, 0.3) is 22.3 Å². The van der Waals surface area contributed by atoms with Gasteiger partial charge in [0.2, 0.25) is 0 Å². The third-order valence-corrected chi connectivity index (χ3v) is 5.39. The van der Waals surface area contributed by atoms with E-state index in [2.05, 4.69) is 10.1 Å². The molecule has 0 atom stereocenters. The van der Waals surface area contributed by atoms with Crippen LogP contribution in [0.2, 0.25) is 10.0 Å². The number of fused-ring (bicyclic) bond motifs is 1. The maximum absolute atomic E-state index is 13.3. The normalized spacial score (nSPS) is 11.7. The maximum atomic E-state index is 13.3. The fourth-order valence-electron chi connectivity index (χ4n) is 3.27. The highest BCUT2D eigenvalue weighted by atomic mass is 35.5. The number of para-hydroxylation sites is 1. The molecule has 0 N–H and O–H groups in total. The zero-order valence-corrected chi connectivity index (χ0v) is 19.1. The smallest absolute Gasteiger partial charge is 0.416 e. The largest absolute Gasteiger partial charge is 0.476 e. The van der Waals surface area contributed by atoms with Crippen LogP contribution < -0.4 is 10.3 Å². The average Bonchev–Trinajstić information content (AvgIpc) is 2.82. The number of nitriles is 1. The molecular formula is C24H13Cl2F3N4O2. The summed E-state index contributed by atoms with van der Waals surface area (Å²) < 4.78 is 46.0. The predicted octanol–water partition coefficient (Wildman–Crippen LogP) is 6.17. The van der Waals surface area contributed by atoms with Crippen LogP contribution in [0.15, 0.2) is 70.6 Å². The predicted molar refractivity (Wildman–Crippen MR) is 127 cm³/mol. The van der Waals surface area contributed by atoms with Crippen LogP contribution in [0.1, 0.15) is 11.1 Å². The number of rotatable bonds is 5.